The van der Waals surface area contributed by atoms with Crippen molar-refractivity contribution in [3.05, 3.63) is 29.8 Å². The summed E-state index contributed by atoms with van der Waals surface area (Å²) in [4.78, 5) is 20.9. The second-order valence-electron chi connectivity index (χ2n) is 7.25. The third-order valence-corrected chi connectivity index (χ3v) is 5.23. The fourth-order valence-electron chi connectivity index (χ4n) is 3.73. The zero-order valence-corrected chi connectivity index (χ0v) is 19.9. The second kappa shape index (κ2) is 12.2. The van der Waals surface area contributed by atoms with E-state index in [1.165, 1.54) is 5.56 Å². The molecular weight excluding hydrogens is 481 g/mol. The van der Waals surface area contributed by atoms with Crippen LogP contribution >= 0.6 is 24.0 Å². The summed E-state index contributed by atoms with van der Waals surface area (Å²) in [5.74, 6) is 1.07. The molecule has 162 valence electrons. The number of piperazine rings is 1. The zero-order chi connectivity index (χ0) is 19.8. The molecule has 0 saturated carbocycles. The van der Waals surface area contributed by atoms with Crippen LogP contribution in [0.1, 0.15) is 32.3 Å². The van der Waals surface area contributed by atoms with Crippen LogP contribution in [-0.4, -0.2) is 68.7 Å². The Morgan fingerprint density at radius 1 is 1.21 bits per heavy atom. The molecule has 0 radical (unpaired) electrons. The third kappa shape index (κ3) is 7.02. The van der Waals surface area contributed by atoms with Crippen LogP contribution < -0.4 is 15.5 Å². The van der Waals surface area contributed by atoms with Gasteiger partial charge in [-0.15, -0.1) is 24.0 Å². The number of hydrogen-bond donors (Lipinski definition) is 2. The van der Waals surface area contributed by atoms with E-state index in [4.69, 9.17) is 9.73 Å². The Morgan fingerprint density at radius 2 is 1.93 bits per heavy atom. The number of anilines is 1. The highest BCUT2D eigenvalue weighted by atomic mass is 127. The summed E-state index contributed by atoms with van der Waals surface area (Å²) < 4.78 is 5.75. The Morgan fingerprint density at radius 3 is 2.55 bits per heavy atom. The molecule has 0 aliphatic carbocycles. The number of guanidine groups is 1. The van der Waals surface area contributed by atoms with E-state index in [0.717, 1.165) is 57.3 Å². The molecular formula is C21H34IN5O2. The first-order chi connectivity index (χ1) is 13.7. The predicted octanol–water partition coefficient (Wildman–Crippen LogP) is 2.21. The maximum absolute atomic E-state index is 11.6. The molecule has 2 fully saturated rings. The molecule has 1 amide bonds. The van der Waals surface area contributed by atoms with E-state index >= 15 is 0 Å². The maximum Gasteiger partial charge on any atom is 0.239 e. The van der Waals surface area contributed by atoms with Gasteiger partial charge in [0.2, 0.25) is 5.91 Å². The van der Waals surface area contributed by atoms with E-state index in [2.05, 4.69) is 58.5 Å². The van der Waals surface area contributed by atoms with Crippen LogP contribution in [0, 0.1) is 0 Å². The van der Waals surface area contributed by atoms with Crippen LogP contribution in [0.3, 0.4) is 0 Å². The monoisotopic (exact) mass is 515 g/mol. The fourth-order valence-corrected chi connectivity index (χ4v) is 3.73. The average molecular weight is 515 g/mol. The van der Waals surface area contributed by atoms with E-state index in [1.807, 2.05) is 0 Å². The van der Waals surface area contributed by atoms with Gasteiger partial charge in [-0.1, -0.05) is 12.1 Å². The number of rotatable bonds is 6. The lowest BCUT2D eigenvalue weighted by Gasteiger charge is -2.34. The molecule has 0 bridgehead atoms. The minimum atomic E-state index is 0. The lowest BCUT2D eigenvalue weighted by atomic mass is 10.1. The number of carbonyl (C=O) groups excluding carboxylic acids is 1. The van der Waals surface area contributed by atoms with Crippen molar-refractivity contribution >= 4 is 41.5 Å². The molecule has 0 spiro atoms. The van der Waals surface area contributed by atoms with Crippen molar-refractivity contribution in [1.82, 2.24) is 15.5 Å². The molecule has 2 heterocycles. The number of nitrogens with zero attached hydrogens (tertiary/aromatic N) is 3. The number of benzene rings is 1. The van der Waals surface area contributed by atoms with Gasteiger partial charge in [-0.2, -0.15) is 0 Å². The van der Waals surface area contributed by atoms with Crippen molar-refractivity contribution < 1.29 is 9.53 Å². The molecule has 2 saturated heterocycles. The highest BCUT2D eigenvalue weighted by Crippen LogP contribution is 2.17. The van der Waals surface area contributed by atoms with Crippen LogP contribution in [-0.2, 0) is 16.1 Å². The molecule has 29 heavy (non-hydrogen) atoms. The molecule has 7 nitrogen and oxygen atoms in total. The van der Waals surface area contributed by atoms with Crippen molar-refractivity contribution in [2.75, 3.05) is 50.8 Å². The molecule has 1 aromatic rings. The van der Waals surface area contributed by atoms with Crippen molar-refractivity contribution in [3.8, 4) is 0 Å². The van der Waals surface area contributed by atoms with Crippen molar-refractivity contribution in [2.45, 2.75) is 39.3 Å². The standard InChI is InChI=1S/C21H33N5O2.HI/c1-3-22-21(25-12-9-19(10-13-25)28-4-2)24-15-17-5-7-18(8-6-17)26-14-11-23-20(27)16-26;/h5-8,19H,3-4,9-16H2,1-2H3,(H,22,24)(H,23,27);1H. The Kier molecular flexibility index (Phi) is 9.99. The van der Waals surface area contributed by atoms with Gasteiger partial charge in [-0.05, 0) is 44.4 Å². The fraction of sp³-hybridized carbons (Fsp3) is 0.619. The number of amides is 1. The highest BCUT2D eigenvalue weighted by Gasteiger charge is 2.21. The molecule has 0 aromatic heterocycles. The molecule has 2 N–H and O–H groups in total. The van der Waals surface area contributed by atoms with E-state index in [1.54, 1.807) is 0 Å². The van der Waals surface area contributed by atoms with Crippen molar-refractivity contribution in [1.29, 1.82) is 0 Å². The third-order valence-electron chi connectivity index (χ3n) is 5.23. The van der Waals surface area contributed by atoms with E-state index in [-0.39, 0.29) is 29.9 Å². The Balaban J connectivity index is 0.00000300. The molecule has 2 aliphatic heterocycles. The number of hydrogen-bond acceptors (Lipinski definition) is 4. The average Bonchev–Trinajstić information content (AvgIpc) is 2.72. The first-order valence-electron chi connectivity index (χ1n) is 10.4. The lowest BCUT2D eigenvalue weighted by Crippen LogP contribution is -2.47. The van der Waals surface area contributed by atoms with Gasteiger partial charge in [0.05, 0.1) is 19.2 Å². The van der Waals surface area contributed by atoms with Gasteiger partial charge in [-0.25, -0.2) is 4.99 Å². The maximum atomic E-state index is 11.6. The zero-order valence-electron chi connectivity index (χ0n) is 17.5. The largest absolute Gasteiger partial charge is 0.378 e. The number of carbonyl (C=O) groups is 1. The number of aliphatic imine (C=N–C) groups is 1. The van der Waals surface area contributed by atoms with Gasteiger partial charge in [0.1, 0.15) is 0 Å². The van der Waals surface area contributed by atoms with Crippen molar-refractivity contribution in [2.24, 2.45) is 4.99 Å². The first-order valence-corrected chi connectivity index (χ1v) is 10.4. The number of nitrogens with one attached hydrogen (secondary N) is 2. The summed E-state index contributed by atoms with van der Waals surface area (Å²) >= 11 is 0. The van der Waals surface area contributed by atoms with Gasteiger partial charge >= 0.3 is 0 Å². The van der Waals surface area contributed by atoms with Crippen LogP contribution in [0.15, 0.2) is 29.3 Å². The Bertz CT molecular complexity index is 660. The molecule has 8 heteroatoms. The number of piperidine rings is 1. The van der Waals surface area contributed by atoms with Gasteiger partial charge in [-0.3, -0.25) is 4.79 Å². The number of likely N-dealkylation sites (tertiary alicyclic amines) is 1. The predicted molar refractivity (Wildman–Crippen MR) is 128 cm³/mol. The Labute approximate surface area is 191 Å². The summed E-state index contributed by atoms with van der Waals surface area (Å²) in [5, 5.41) is 6.28. The van der Waals surface area contributed by atoms with E-state index < -0.39 is 0 Å². The molecule has 3 rings (SSSR count). The SMILES string of the molecule is CCNC(=NCc1ccc(N2CCNC(=O)C2)cc1)N1CCC(OCC)CC1.I. The van der Waals surface area contributed by atoms with Gasteiger partial charge < -0.3 is 25.2 Å². The van der Waals surface area contributed by atoms with E-state index in [9.17, 15) is 4.79 Å². The number of halogens is 1. The highest BCUT2D eigenvalue weighted by molar-refractivity contribution is 14.0. The van der Waals surface area contributed by atoms with Crippen molar-refractivity contribution in [3.63, 3.8) is 0 Å². The molecule has 2 aliphatic rings. The van der Waals surface area contributed by atoms with Gasteiger partial charge in [0.25, 0.3) is 0 Å². The van der Waals surface area contributed by atoms with E-state index in [0.29, 0.717) is 25.7 Å². The minimum Gasteiger partial charge on any atom is -0.378 e. The quantitative estimate of drug-likeness (QED) is 0.346. The molecule has 0 unspecified atom stereocenters. The van der Waals surface area contributed by atoms with Crippen LogP contribution in [0.4, 0.5) is 5.69 Å². The minimum absolute atomic E-state index is 0. The summed E-state index contributed by atoms with van der Waals surface area (Å²) in [7, 11) is 0. The summed E-state index contributed by atoms with van der Waals surface area (Å²) in [6.45, 7) is 10.4. The van der Waals surface area contributed by atoms with Crippen LogP contribution in [0.25, 0.3) is 0 Å². The summed E-state index contributed by atoms with van der Waals surface area (Å²) in [5.41, 5.74) is 2.26. The summed E-state index contributed by atoms with van der Waals surface area (Å²) in [6, 6.07) is 8.39. The van der Waals surface area contributed by atoms with Crippen LogP contribution in [0.5, 0.6) is 0 Å². The molecule has 0 atom stereocenters. The first kappa shape index (κ1) is 23.7. The topological polar surface area (TPSA) is 69.2 Å². The Hall–Kier alpha value is -1.55. The lowest BCUT2D eigenvalue weighted by molar-refractivity contribution is -0.120. The van der Waals surface area contributed by atoms with Gasteiger partial charge in [0, 0.05) is 45.0 Å². The second-order valence-corrected chi connectivity index (χ2v) is 7.25. The van der Waals surface area contributed by atoms with Crippen LogP contribution in [0.2, 0.25) is 0 Å². The molecule has 1 aromatic carbocycles. The number of ether oxygens (including phenoxy) is 1. The van der Waals surface area contributed by atoms with Gasteiger partial charge in [0.15, 0.2) is 5.96 Å². The normalized spacial score (nSPS) is 18.3. The smallest absolute Gasteiger partial charge is 0.239 e. The summed E-state index contributed by atoms with van der Waals surface area (Å²) in [6.07, 6.45) is 2.49.